The lowest BCUT2D eigenvalue weighted by atomic mass is 9.85. The molecule has 0 fully saturated rings. The van der Waals surface area contributed by atoms with Gasteiger partial charge in [0.25, 0.3) is 23.6 Å². The van der Waals surface area contributed by atoms with Crippen molar-refractivity contribution in [2.75, 3.05) is 9.80 Å². The number of rotatable bonds is 6. The molecular weight excluding hydrogens is 860 g/mol. The molecule has 0 aromatic heterocycles. The molecule has 2 aliphatic heterocycles. The Balaban J connectivity index is 0.000000651. The third kappa shape index (κ3) is 8.12. The third-order valence-electron chi connectivity index (χ3n) is 9.52. The van der Waals surface area contributed by atoms with Crippen LogP contribution >= 0.6 is 31.9 Å². The lowest BCUT2D eigenvalue weighted by Gasteiger charge is -2.33. The topological polar surface area (TPSA) is 109 Å². The van der Waals surface area contributed by atoms with Crippen molar-refractivity contribution in [1.82, 2.24) is 0 Å². The van der Waals surface area contributed by atoms with Crippen molar-refractivity contribution in [3.63, 3.8) is 0 Å². The van der Waals surface area contributed by atoms with Crippen LogP contribution in [0, 0.1) is 13.8 Å². The van der Waals surface area contributed by atoms with Crippen LogP contribution in [0.2, 0.25) is 0 Å². The first-order valence-corrected chi connectivity index (χ1v) is 20.7. The fraction of sp³-hybridized carbons (Fsp3) is 0.167. The van der Waals surface area contributed by atoms with Gasteiger partial charge in [-0.25, -0.2) is 9.80 Å². The zero-order valence-corrected chi connectivity index (χ0v) is 36.1. The average Bonchev–Trinajstić information content (AvgIpc) is 3.19. The lowest BCUT2D eigenvalue weighted by Crippen LogP contribution is -2.43. The van der Waals surface area contributed by atoms with E-state index in [0.717, 1.165) is 44.5 Å². The zero-order valence-electron chi connectivity index (χ0n) is 32.9. The number of ketones is 2. The summed E-state index contributed by atoms with van der Waals surface area (Å²) in [6.45, 7) is 10.0. The summed E-state index contributed by atoms with van der Waals surface area (Å²) >= 11 is 6.98. The molecule has 8 rings (SSSR count). The van der Waals surface area contributed by atoms with Crippen LogP contribution in [-0.4, -0.2) is 35.2 Å². The predicted octanol–water partition coefficient (Wildman–Crippen LogP) is 11.4. The van der Waals surface area contributed by atoms with Gasteiger partial charge in [-0.05, 0) is 112 Å². The highest BCUT2D eigenvalue weighted by Gasteiger charge is 2.41. The molecule has 58 heavy (non-hydrogen) atoms. The summed E-state index contributed by atoms with van der Waals surface area (Å²) in [5.41, 5.74) is 9.39. The number of anilines is 2. The van der Waals surface area contributed by atoms with E-state index in [2.05, 4.69) is 31.9 Å². The fourth-order valence-corrected chi connectivity index (χ4v) is 7.76. The van der Waals surface area contributed by atoms with E-state index in [0.29, 0.717) is 32.8 Å². The van der Waals surface area contributed by atoms with E-state index in [1.54, 1.807) is 36.4 Å². The zero-order chi connectivity index (χ0) is 42.0. The number of nitrogens with zero attached hydrogens (tertiary/aromatic N) is 2. The molecule has 0 aliphatic carbocycles. The SMILES string of the molecule is CC(C)=O.CC(C)=O.Cc1ccc(N2C(=O)c3ccc4c5c(ccc(c35)C2=O)C(=O)N(c2ccc(C)cc2-c2ccc(CBr)cc2)C4=O)c(-c2ccc(CBr)cc2)c1. The Labute approximate surface area is 354 Å². The molecule has 4 amide bonds. The fourth-order valence-electron chi connectivity index (χ4n) is 7.01. The lowest BCUT2D eigenvalue weighted by molar-refractivity contribution is -0.115. The number of amides is 4. The number of Topliss-reactive ketones (excluding diaryl/α,β-unsaturated/α-hetero) is 2. The number of halogens is 2. The summed E-state index contributed by atoms with van der Waals surface area (Å²) < 4.78 is 0. The largest absolute Gasteiger partial charge is 0.300 e. The van der Waals surface area contributed by atoms with Gasteiger partial charge in [-0.15, -0.1) is 0 Å². The molecule has 2 heterocycles. The molecule has 10 heteroatoms. The number of aryl methyl sites for hydroxylation is 2. The first-order chi connectivity index (χ1) is 27.7. The van der Waals surface area contributed by atoms with Crippen molar-refractivity contribution >= 4 is 89.2 Å². The van der Waals surface area contributed by atoms with Gasteiger partial charge in [0.2, 0.25) is 0 Å². The van der Waals surface area contributed by atoms with Gasteiger partial charge in [-0.2, -0.15) is 0 Å². The summed E-state index contributed by atoms with van der Waals surface area (Å²) in [5, 5.41) is 2.08. The molecule has 0 saturated carbocycles. The maximum absolute atomic E-state index is 14.4. The van der Waals surface area contributed by atoms with E-state index >= 15 is 0 Å². The first kappa shape index (κ1) is 41.8. The summed E-state index contributed by atoms with van der Waals surface area (Å²) in [6.07, 6.45) is 0. The van der Waals surface area contributed by atoms with E-state index in [4.69, 9.17) is 0 Å². The number of imide groups is 2. The normalized spacial score (nSPS) is 12.8. The summed E-state index contributed by atoms with van der Waals surface area (Å²) in [7, 11) is 0. The molecule has 0 unspecified atom stereocenters. The highest BCUT2D eigenvalue weighted by molar-refractivity contribution is 9.08. The van der Waals surface area contributed by atoms with Crippen LogP contribution in [0.4, 0.5) is 11.4 Å². The van der Waals surface area contributed by atoms with E-state index in [9.17, 15) is 28.8 Å². The molecule has 6 aromatic carbocycles. The van der Waals surface area contributed by atoms with Crippen molar-refractivity contribution in [3.8, 4) is 22.3 Å². The predicted molar refractivity (Wildman–Crippen MR) is 237 cm³/mol. The maximum Gasteiger partial charge on any atom is 0.266 e. The molecule has 6 aromatic rings. The van der Waals surface area contributed by atoms with Crippen LogP contribution in [0.15, 0.2) is 109 Å². The monoisotopic (exact) mass is 898 g/mol. The molecule has 0 N–H and O–H groups in total. The number of benzene rings is 6. The van der Waals surface area contributed by atoms with Crippen LogP contribution in [0.25, 0.3) is 33.0 Å². The second kappa shape index (κ2) is 17.3. The average molecular weight is 901 g/mol. The summed E-state index contributed by atoms with van der Waals surface area (Å²) in [4.78, 5) is 78.7. The maximum atomic E-state index is 14.4. The minimum Gasteiger partial charge on any atom is -0.300 e. The second-order valence-electron chi connectivity index (χ2n) is 14.5. The molecular formula is C48H40Br2N2O6. The number of hydrogen-bond acceptors (Lipinski definition) is 6. The van der Waals surface area contributed by atoms with Gasteiger partial charge in [0, 0.05) is 54.8 Å². The van der Waals surface area contributed by atoms with Crippen LogP contribution < -0.4 is 9.80 Å². The smallest absolute Gasteiger partial charge is 0.266 e. The Morgan fingerprint density at radius 2 is 0.707 bits per heavy atom. The van der Waals surface area contributed by atoms with Gasteiger partial charge in [0.1, 0.15) is 11.6 Å². The van der Waals surface area contributed by atoms with Gasteiger partial charge >= 0.3 is 0 Å². The number of carbonyl (C=O) groups is 6. The molecule has 0 spiro atoms. The van der Waals surface area contributed by atoms with Crippen molar-refractivity contribution in [1.29, 1.82) is 0 Å². The summed E-state index contributed by atoms with van der Waals surface area (Å²) in [5.74, 6) is -1.71. The van der Waals surface area contributed by atoms with Crippen molar-refractivity contribution < 1.29 is 28.8 Å². The van der Waals surface area contributed by atoms with Gasteiger partial charge in [-0.1, -0.05) is 104 Å². The van der Waals surface area contributed by atoms with Crippen LogP contribution in [0.1, 0.15) is 91.4 Å². The van der Waals surface area contributed by atoms with E-state index in [1.807, 2.05) is 86.6 Å². The summed E-state index contributed by atoms with van der Waals surface area (Å²) in [6, 6.07) is 33.6. The van der Waals surface area contributed by atoms with Crippen LogP contribution in [0.5, 0.6) is 0 Å². The number of carbonyl (C=O) groups excluding carboxylic acids is 6. The molecule has 0 saturated heterocycles. The second-order valence-corrected chi connectivity index (χ2v) is 15.6. The minimum atomic E-state index is -0.511. The van der Waals surface area contributed by atoms with Crippen LogP contribution in [-0.2, 0) is 20.2 Å². The van der Waals surface area contributed by atoms with E-state index in [1.165, 1.54) is 37.5 Å². The Morgan fingerprint density at radius 1 is 0.431 bits per heavy atom. The minimum absolute atomic E-state index is 0.167. The van der Waals surface area contributed by atoms with Crippen molar-refractivity contribution in [2.45, 2.75) is 52.2 Å². The van der Waals surface area contributed by atoms with Crippen LogP contribution in [0.3, 0.4) is 0 Å². The van der Waals surface area contributed by atoms with E-state index < -0.39 is 23.6 Å². The first-order valence-electron chi connectivity index (χ1n) is 18.5. The van der Waals surface area contributed by atoms with Gasteiger partial charge < -0.3 is 9.59 Å². The highest BCUT2D eigenvalue weighted by Crippen LogP contribution is 2.43. The Hall–Kier alpha value is -5.84. The van der Waals surface area contributed by atoms with Crippen molar-refractivity contribution in [2.24, 2.45) is 0 Å². The van der Waals surface area contributed by atoms with Gasteiger partial charge in [0.15, 0.2) is 0 Å². The quantitative estimate of drug-likeness (QED) is 0.122. The molecule has 0 radical (unpaired) electrons. The molecule has 0 atom stereocenters. The third-order valence-corrected chi connectivity index (χ3v) is 10.8. The molecule has 2 aliphatic rings. The Bertz CT molecular complexity index is 2410. The number of alkyl halides is 2. The standard InChI is InChI=1S/C42H28Br2N2O4.2C3H6O/c1-23-3-17-35(33(19-23)27-9-5-25(21-43)6-10-27)45-39(47)29-13-15-31-38-32(16-14-30(37(29)38)40(45)48)42(50)46(41(31)49)36-18-4-24(2)20-34(36)28-11-7-26(22-44)8-12-28;2*1-3(2)4/h3-20H,21-22H2,1-2H3;2*1-2H3. The Kier molecular flexibility index (Phi) is 12.5. The molecule has 0 bridgehead atoms. The highest BCUT2D eigenvalue weighted by atomic mass is 79.9. The number of hydrogen-bond donors (Lipinski definition) is 0. The van der Waals surface area contributed by atoms with E-state index in [-0.39, 0.29) is 33.8 Å². The van der Waals surface area contributed by atoms with Gasteiger partial charge in [0.05, 0.1) is 11.4 Å². The van der Waals surface area contributed by atoms with Gasteiger partial charge in [-0.3, -0.25) is 19.2 Å². The van der Waals surface area contributed by atoms with Crippen molar-refractivity contribution in [3.05, 3.63) is 154 Å². The molecule has 8 nitrogen and oxygen atoms in total. The molecule has 292 valence electrons. The Morgan fingerprint density at radius 3 is 0.966 bits per heavy atom.